The van der Waals surface area contributed by atoms with Crippen molar-refractivity contribution in [3.05, 3.63) is 11.6 Å². The van der Waals surface area contributed by atoms with E-state index in [1.165, 1.54) is 0 Å². The van der Waals surface area contributed by atoms with Crippen molar-refractivity contribution < 1.29 is 18.8 Å². The molecule has 20 heavy (non-hydrogen) atoms. The minimum absolute atomic E-state index is 0.0638. The van der Waals surface area contributed by atoms with Crippen LogP contribution in [0.5, 0.6) is 0 Å². The first-order valence-corrected chi connectivity index (χ1v) is 10.0. The molecule has 2 atom stereocenters. The second-order valence-electron chi connectivity index (χ2n) is 6.89. The molecular weight excluding hydrogens is 272 g/mol. The zero-order valence-corrected chi connectivity index (χ0v) is 14.4. The van der Waals surface area contributed by atoms with Crippen molar-refractivity contribution in [3.63, 3.8) is 0 Å². The molecule has 5 heteroatoms. The Morgan fingerprint density at radius 3 is 2.45 bits per heavy atom. The van der Waals surface area contributed by atoms with Gasteiger partial charge in [0.2, 0.25) is 0 Å². The number of rotatable bonds is 6. The Labute approximate surface area is 122 Å². The summed E-state index contributed by atoms with van der Waals surface area (Å²) in [5.74, 6) is -0.269. The maximum atomic E-state index is 11.5. The van der Waals surface area contributed by atoms with Crippen LogP contribution in [0.1, 0.15) is 40.5 Å². The molecule has 0 aromatic heterocycles. The van der Waals surface area contributed by atoms with Crippen LogP contribution in [0.2, 0.25) is 18.1 Å². The molecule has 0 unspecified atom stereocenters. The van der Waals surface area contributed by atoms with E-state index >= 15 is 0 Å². The van der Waals surface area contributed by atoms with Crippen molar-refractivity contribution in [2.75, 3.05) is 0 Å². The summed E-state index contributed by atoms with van der Waals surface area (Å²) in [6, 6.07) is 0. The van der Waals surface area contributed by atoms with E-state index in [-0.39, 0.29) is 17.1 Å². The van der Waals surface area contributed by atoms with Crippen LogP contribution in [0, 0.1) is 0 Å². The van der Waals surface area contributed by atoms with E-state index in [2.05, 4.69) is 33.9 Å². The van der Waals surface area contributed by atoms with Gasteiger partial charge >= 0.3 is 5.97 Å². The Kier molecular flexibility index (Phi) is 5.32. The molecule has 1 aliphatic rings. The van der Waals surface area contributed by atoms with Crippen molar-refractivity contribution in [2.45, 2.75) is 70.9 Å². The Morgan fingerprint density at radius 2 is 2.05 bits per heavy atom. The molecular formula is C15H26O4Si. The Balaban J connectivity index is 2.59. The van der Waals surface area contributed by atoms with Crippen LogP contribution in [0.15, 0.2) is 11.6 Å². The van der Waals surface area contributed by atoms with Gasteiger partial charge in [-0.05, 0) is 44.0 Å². The summed E-state index contributed by atoms with van der Waals surface area (Å²) in [4.78, 5) is 22.7. The van der Waals surface area contributed by atoms with E-state index in [0.29, 0.717) is 18.4 Å². The molecule has 0 saturated carbocycles. The van der Waals surface area contributed by atoms with Gasteiger partial charge < -0.3 is 14.0 Å². The van der Waals surface area contributed by atoms with Crippen LogP contribution in [0.4, 0.5) is 0 Å². The quantitative estimate of drug-likeness (QED) is 0.429. The van der Waals surface area contributed by atoms with E-state index in [0.717, 1.165) is 6.29 Å². The predicted octanol–water partition coefficient (Wildman–Crippen LogP) is 3.23. The Bertz CT molecular complexity index is 407. The minimum Gasteiger partial charge on any atom is -0.455 e. The number of hydrogen-bond acceptors (Lipinski definition) is 4. The van der Waals surface area contributed by atoms with E-state index in [1.807, 2.05) is 13.0 Å². The lowest BCUT2D eigenvalue weighted by Gasteiger charge is -2.38. The van der Waals surface area contributed by atoms with Crippen LogP contribution in [-0.2, 0) is 18.8 Å². The highest BCUT2D eigenvalue weighted by Gasteiger charge is 2.39. The molecule has 4 nitrogen and oxygen atoms in total. The molecule has 0 saturated heterocycles. The van der Waals surface area contributed by atoms with Gasteiger partial charge in [0.05, 0.1) is 0 Å². The molecule has 0 aromatic carbocycles. The zero-order valence-electron chi connectivity index (χ0n) is 13.4. The van der Waals surface area contributed by atoms with Gasteiger partial charge in [-0.3, -0.25) is 0 Å². The van der Waals surface area contributed by atoms with Gasteiger partial charge in [0.15, 0.2) is 8.32 Å². The SMILES string of the molecule is C[C@H]1C=C(CC[C@@H](C=O)O[Si](C)(C)C(C)(C)C)C(=O)O1. The third-order valence-corrected chi connectivity index (χ3v) is 8.60. The summed E-state index contributed by atoms with van der Waals surface area (Å²) in [6.07, 6.45) is 3.13. The molecule has 114 valence electrons. The second kappa shape index (κ2) is 6.22. The highest BCUT2D eigenvalue weighted by molar-refractivity contribution is 6.74. The summed E-state index contributed by atoms with van der Waals surface area (Å²) in [5, 5.41) is 0.0638. The smallest absolute Gasteiger partial charge is 0.334 e. The number of aldehydes is 1. The highest BCUT2D eigenvalue weighted by atomic mass is 28.4. The van der Waals surface area contributed by atoms with Gasteiger partial charge in [-0.1, -0.05) is 20.8 Å². The van der Waals surface area contributed by atoms with Crippen LogP contribution in [0.25, 0.3) is 0 Å². The fourth-order valence-corrected chi connectivity index (χ4v) is 3.11. The normalized spacial score (nSPS) is 21.4. The summed E-state index contributed by atoms with van der Waals surface area (Å²) in [7, 11) is -1.96. The summed E-state index contributed by atoms with van der Waals surface area (Å²) < 4.78 is 11.1. The molecule has 0 amide bonds. The number of hydrogen-bond donors (Lipinski definition) is 0. The van der Waals surface area contributed by atoms with Crippen molar-refractivity contribution in [2.24, 2.45) is 0 Å². The maximum Gasteiger partial charge on any atom is 0.334 e. The van der Waals surface area contributed by atoms with Crippen molar-refractivity contribution in [1.29, 1.82) is 0 Å². The van der Waals surface area contributed by atoms with Gasteiger partial charge in [0.1, 0.15) is 18.5 Å². The Hall–Kier alpha value is -0.943. The average molecular weight is 298 g/mol. The topological polar surface area (TPSA) is 52.6 Å². The molecule has 1 rings (SSSR count). The average Bonchev–Trinajstić information content (AvgIpc) is 2.61. The van der Waals surface area contributed by atoms with Gasteiger partial charge in [-0.25, -0.2) is 4.79 Å². The zero-order chi connectivity index (χ0) is 15.6. The number of ether oxygens (including phenoxy) is 1. The fraction of sp³-hybridized carbons (Fsp3) is 0.733. The molecule has 0 aliphatic carbocycles. The molecule has 0 spiro atoms. The van der Waals surface area contributed by atoms with E-state index in [1.54, 1.807) is 0 Å². The lowest BCUT2D eigenvalue weighted by molar-refractivity contribution is -0.139. The standard InChI is InChI=1S/C15H26O4Si/c1-11-9-12(14(17)18-11)7-8-13(10-16)19-20(5,6)15(2,3)4/h9-11,13H,7-8H2,1-6H3/t11-,13-/m0/s1. The fourth-order valence-electron chi connectivity index (χ4n) is 1.82. The van der Waals surface area contributed by atoms with Gasteiger partial charge in [0, 0.05) is 5.57 Å². The predicted molar refractivity (Wildman–Crippen MR) is 81.0 cm³/mol. The monoisotopic (exact) mass is 298 g/mol. The van der Waals surface area contributed by atoms with Crippen LogP contribution in [-0.4, -0.2) is 32.8 Å². The van der Waals surface area contributed by atoms with Crippen molar-refractivity contribution in [3.8, 4) is 0 Å². The Morgan fingerprint density at radius 1 is 1.45 bits per heavy atom. The molecule has 0 radical (unpaired) electrons. The second-order valence-corrected chi connectivity index (χ2v) is 11.7. The number of carbonyl (C=O) groups excluding carboxylic acids is 2. The third-order valence-electron chi connectivity index (χ3n) is 4.09. The molecule has 0 fully saturated rings. The number of carbonyl (C=O) groups is 2. The first-order chi connectivity index (χ1) is 9.06. The third kappa shape index (κ3) is 4.28. The summed E-state index contributed by atoms with van der Waals surface area (Å²) >= 11 is 0. The van der Waals surface area contributed by atoms with Crippen molar-refractivity contribution >= 4 is 20.6 Å². The van der Waals surface area contributed by atoms with Gasteiger partial charge in [-0.15, -0.1) is 0 Å². The highest BCUT2D eigenvalue weighted by Crippen LogP contribution is 2.37. The molecule has 0 bridgehead atoms. The summed E-state index contributed by atoms with van der Waals surface area (Å²) in [5.41, 5.74) is 0.656. The first kappa shape index (κ1) is 17.1. The largest absolute Gasteiger partial charge is 0.455 e. The lowest BCUT2D eigenvalue weighted by atomic mass is 10.1. The van der Waals surface area contributed by atoms with Crippen LogP contribution >= 0.6 is 0 Å². The van der Waals surface area contributed by atoms with E-state index in [4.69, 9.17) is 9.16 Å². The summed E-state index contributed by atoms with van der Waals surface area (Å²) in [6.45, 7) is 12.5. The van der Waals surface area contributed by atoms with Crippen LogP contribution in [0.3, 0.4) is 0 Å². The number of cyclic esters (lactones) is 1. The molecule has 1 aliphatic heterocycles. The lowest BCUT2D eigenvalue weighted by Crippen LogP contribution is -2.44. The van der Waals surface area contributed by atoms with Gasteiger partial charge in [-0.2, -0.15) is 0 Å². The van der Waals surface area contributed by atoms with E-state index < -0.39 is 14.4 Å². The maximum absolute atomic E-state index is 11.5. The molecule has 0 aromatic rings. The first-order valence-electron chi connectivity index (χ1n) is 7.11. The number of esters is 1. The molecule has 0 N–H and O–H groups in total. The van der Waals surface area contributed by atoms with Gasteiger partial charge in [0.25, 0.3) is 0 Å². The van der Waals surface area contributed by atoms with E-state index in [9.17, 15) is 9.59 Å². The molecule has 1 heterocycles. The van der Waals surface area contributed by atoms with Crippen molar-refractivity contribution in [1.82, 2.24) is 0 Å². The van der Waals surface area contributed by atoms with Crippen LogP contribution < -0.4 is 0 Å². The minimum atomic E-state index is -1.96.